The smallest absolute Gasteiger partial charge is 0.131 e. The van der Waals surface area contributed by atoms with Gasteiger partial charge in [0.15, 0.2) is 0 Å². The Morgan fingerprint density at radius 1 is 1.27 bits per heavy atom. The van der Waals surface area contributed by atoms with Crippen LogP contribution in [0.1, 0.15) is 5.56 Å². The molecule has 0 fully saturated rings. The minimum absolute atomic E-state index is 0.268. The highest BCUT2D eigenvalue weighted by molar-refractivity contribution is 9.13. The van der Waals surface area contributed by atoms with Crippen LogP contribution in [-0.2, 0) is 0 Å². The van der Waals surface area contributed by atoms with E-state index in [4.69, 9.17) is 0 Å². The summed E-state index contributed by atoms with van der Waals surface area (Å²) in [6.45, 7) is 3.49. The van der Waals surface area contributed by atoms with Gasteiger partial charge in [0.2, 0.25) is 0 Å². The predicted molar refractivity (Wildman–Crippen MR) is 51.9 cm³/mol. The normalized spacial score (nSPS) is 9.73. The molecule has 0 saturated heterocycles. The molecule has 1 rings (SSSR count). The summed E-state index contributed by atoms with van der Waals surface area (Å²) in [5, 5.41) is 0. The van der Waals surface area contributed by atoms with Gasteiger partial charge in [0.1, 0.15) is 5.82 Å². The van der Waals surface area contributed by atoms with Gasteiger partial charge in [0, 0.05) is 14.5 Å². The van der Waals surface area contributed by atoms with Crippen LogP contribution >= 0.6 is 31.9 Å². The lowest BCUT2D eigenvalue weighted by Gasteiger charge is -1.99. The Labute approximate surface area is 81.4 Å². The van der Waals surface area contributed by atoms with Crippen molar-refractivity contribution in [1.82, 2.24) is 0 Å². The first-order valence-electron chi connectivity index (χ1n) is 2.92. The van der Waals surface area contributed by atoms with E-state index in [1.807, 2.05) is 0 Å². The van der Waals surface area contributed by atoms with E-state index in [2.05, 4.69) is 38.4 Å². The van der Waals surface area contributed by atoms with Crippen molar-refractivity contribution in [3.63, 3.8) is 0 Å². The van der Waals surface area contributed by atoms with Gasteiger partial charge < -0.3 is 0 Å². The summed E-state index contributed by atoms with van der Waals surface area (Å²) in [5.74, 6) is -0.268. The zero-order chi connectivity index (χ0) is 8.43. The standard InChI is InChI=1S/C8H5Br2F/c1-2-5-3-6(9)7(10)4-8(5)11/h2-4H,1H2. The quantitative estimate of drug-likeness (QED) is 0.682. The summed E-state index contributed by atoms with van der Waals surface area (Å²) < 4.78 is 14.4. The molecule has 0 aliphatic carbocycles. The first-order chi connectivity index (χ1) is 5.15. The molecule has 0 spiro atoms. The first-order valence-corrected chi connectivity index (χ1v) is 4.50. The third kappa shape index (κ3) is 1.91. The first kappa shape index (κ1) is 8.94. The van der Waals surface area contributed by atoms with Gasteiger partial charge in [-0.25, -0.2) is 4.39 Å². The van der Waals surface area contributed by atoms with Gasteiger partial charge in [-0.2, -0.15) is 0 Å². The summed E-state index contributed by atoms with van der Waals surface area (Å²) in [7, 11) is 0. The van der Waals surface area contributed by atoms with Crippen LogP contribution in [0.3, 0.4) is 0 Å². The minimum atomic E-state index is -0.268. The number of hydrogen-bond donors (Lipinski definition) is 0. The molecule has 0 N–H and O–H groups in total. The highest BCUT2D eigenvalue weighted by Crippen LogP contribution is 2.26. The maximum atomic E-state index is 12.9. The van der Waals surface area contributed by atoms with Crippen molar-refractivity contribution >= 4 is 37.9 Å². The lowest BCUT2D eigenvalue weighted by atomic mass is 10.2. The largest absolute Gasteiger partial charge is 0.206 e. The molecule has 1 aromatic carbocycles. The Morgan fingerprint density at radius 2 is 1.82 bits per heavy atom. The van der Waals surface area contributed by atoms with Crippen molar-refractivity contribution in [2.45, 2.75) is 0 Å². The van der Waals surface area contributed by atoms with Gasteiger partial charge in [-0.05, 0) is 44.0 Å². The summed E-state index contributed by atoms with van der Waals surface area (Å²) >= 11 is 6.45. The van der Waals surface area contributed by atoms with Gasteiger partial charge in [-0.1, -0.05) is 12.7 Å². The Bertz CT molecular complexity index is 294. The highest BCUT2D eigenvalue weighted by Gasteiger charge is 2.02. The van der Waals surface area contributed by atoms with Gasteiger partial charge in [0.25, 0.3) is 0 Å². The van der Waals surface area contributed by atoms with Crippen LogP contribution in [0.2, 0.25) is 0 Å². The Balaban J connectivity index is 3.31. The molecule has 0 unspecified atom stereocenters. The van der Waals surface area contributed by atoms with Gasteiger partial charge in [0.05, 0.1) is 0 Å². The van der Waals surface area contributed by atoms with E-state index in [0.717, 1.165) is 4.47 Å². The van der Waals surface area contributed by atoms with Crippen molar-refractivity contribution in [1.29, 1.82) is 0 Å². The fourth-order valence-corrected chi connectivity index (χ4v) is 1.37. The van der Waals surface area contributed by atoms with Crippen LogP contribution in [0, 0.1) is 5.82 Å². The zero-order valence-corrected chi connectivity index (χ0v) is 8.75. The van der Waals surface area contributed by atoms with E-state index in [0.29, 0.717) is 10.0 Å². The molecule has 0 atom stereocenters. The summed E-state index contributed by atoms with van der Waals surface area (Å²) in [4.78, 5) is 0. The van der Waals surface area contributed by atoms with Crippen molar-refractivity contribution < 1.29 is 4.39 Å². The molecule has 0 aliphatic rings. The molecule has 0 radical (unpaired) electrons. The molecular formula is C8H5Br2F. The summed E-state index contributed by atoms with van der Waals surface area (Å²) in [6.07, 6.45) is 1.48. The molecule has 0 saturated carbocycles. The van der Waals surface area contributed by atoms with Gasteiger partial charge in [-0.3, -0.25) is 0 Å². The van der Waals surface area contributed by atoms with Crippen molar-refractivity contribution in [3.05, 3.63) is 39.0 Å². The molecule has 11 heavy (non-hydrogen) atoms. The topological polar surface area (TPSA) is 0 Å². The van der Waals surface area contributed by atoms with Crippen molar-refractivity contribution in [3.8, 4) is 0 Å². The van der Waals surface area contributed by atoms with E-state index >= 15 is 0 Å². The third-order valence-electron chi connectivity index (χ3n) is 1.26. The Hall–Kier alpha value is -0.150. The van der Waals surface area contributed by atoms with Crippen LogP contribution in [-0.4, -0.2) is 0 Å². The predicted octanol–water partition coefficient (Wildman–Crippen LogP) is 3.99. The lowest BCUT2D eigenvalue weighted by molar-refractivity contribution is 0.624. The molecule has 1 aromatic rings. The van der Waals surface area contributed by atoms with E-state index in [1.165, 1.54) is 12.1 Å². The lowest BCUT2D eigenvalue weighted by Crippen LogP contribution is -1.82. The maximum absolute atomic E-state index is 12.9. The average molecular weight is 280 g/mol. The summed E-state index contributed by atoms with van der Waals surface area (Å²) in [5.41, 5.74) is 0.500. The maximum Gasteiger partial charge on any atom is 0.131 e. The number of benzene rings is 1. The second kappa shape index (κ2) is 3.50. The van der Waals surface area contributed by atoms with Crippen LogP contribution < -0.4 is 0 Å². The monoisotopic (exact) mass is 278 g/mol. The van der Waals surface area contributed by atoms with Crippen LogP contribution in [0.15, 0.2) is 27.7 Å². The van der Waals surface area contributed by atoms with Gasteiger partial charge >= 0.3 is 0 Å². The number of halogens is 3. The number of hydrogen-bond acceptors (Lipinski definition) is 0. The van der Waals surface area contributed by atoms with Crippen LogP contribution in [0.25, 0.3) is 6.08 Å². The van der Waals surface area contributed by atoms with E-state index in [9.17, 15) is 4.39 Å². The molecular weight excluding hydrogens is 275 g/mol. The molecule has 58 valence electrons. The molecule has 0 heterocycles. The van der Waals surface area contributed by atoms with Gasteiger partial charge in [-0.15, -0.1) is 0 Å². The SMILES string of the molecule is C=Cc1cc(Br)c(Br)cc1F. The average Bonchev–Trinajstić information content (AvgIpc) is 1.97. The second-order valence-corrected chi connectivity index (χ2v) is 3.70. The molecule has 0 nitrogen and oxygen atoms in total. The minimum Gasteiger partial charge on any atom is -0.206 e. The summed E-state index contributed by atoms with van der Waals surface area (Å²) in [6, 6.07) is 3.08. The van der Waals surface area contributed by atoms with E-state index in [-0.39, 0.29) is 5.82 Å². The van der Waals surface area contributed by atoms with Crippen LogP contribution in [0.4, 0.5) is 4.39 Å². The van der Waals surface area contributed by atoms with Crippen LogP contribution in [0.5, 0.6) is 0 Å². The van der Waals surface area contributed by atoms with Crippen molar-refractivity contribution in [2.24, 2.45) is 0 Å². The third-order valence-corrected chi connectivity index (χ3v) is 3.10. The molecule has 0 aromatic heterocycles. The molecule has 0 aliphatic heterocycles. The second-order valence-electron chi connectivity index (χ2n) is 1.99. The molecule has 0 bridgehead atoms. The zero-order valence-electron chi connectivity index (χ0n) is 5.57. The Kier molecular flexibility index (Phi) is 2.84. The molecule has 3 heteroatoms. The van der Waals surface area contributed by atoms with Crippen molar-refractivity contribution in [2.75, 3.05) is 0 Å². The fraction of sp³-hybridized carbons (Fsp3) is 0. The van der Waals surface area contributed by atoms with E-state index in [1.54, 1.807) is 6.07 Å². The Morgan fingerprint density at radius 3 is 2.36 bits per heavy atom. The van der Waals surface area contributed by atoms with E-state index < -0.39 is 0 Å². The molecule has 0 amide bonds. The fourth-order valence-electron chi connectivity index (χ4n) is 0.694. The number of rotatable bonds is 1. The highest BCUT2D eigenvalue weighted by atomic mass is 79.9.